The molecule has 3 heteroatoms. The topological polar surface area (TPSA) is 63.3 Å². The predicted octanol–water partition coefficient (Wildman–Crippen LogP) is 0.690. The van der Waals surface area contributed by atoms with E-state index < -0.39 is 12.0 Å². The van der Waals surface area contributed by atoms with E-state index in [9.17, 15) is 4.79 Å². The Morgan fingerprint density at radius 2 is 1.80 bits per heavy atom. The van der Waals surface area contributed by atoms with Gasteiger partial charge in [0, 0.05) is 0 Å². The zero-order valence-electron chi connectivity index (χ0n) is 6.66. The highest BCUT2D eigenvalue weighted by molar-refractivity contribution is 5.73. The molecule has 0 saturated heterocycles. The summed E-state index contributed by atoms with van der Waals surface area (Å²) in [5.41, 5.74) is 5.36. The molecule has 0 aliphatic rings. The Morgan fingerprint density at radius 1 is 1.40 bits per heavy atom. The Hall–Kier alpha value is -0.570. The van der Waals surface area contributed by atoms with Crippen LogP contribution < -0.4 is 5.73 Å². The van der Waals surface area contributed by atoms with Gasteiger partial charge in [-0.1, -0.05) is 20.8 Å². The Kier molecular flexibility index (Phi) is 3.36. The number of hydrogen-bond donors (Lipinski definition) is 2. The molecule has 2 atom stereocenters. The average Bonchev–Trinajstić information content (AvgIpc) is 1.84. The van der Waals surface area contributed by atoms with Crippen LogP contribution in [0.1, 0.15) is 20.8 Å². The van der Waals surface area contributed by atoms with Crippen LogP contribution in [0, 0.1) is 11.8 Å². The monoisotopic (exact) mass is 145 g/mol. The molecule has 3 N–H and O–H groups in total. The van der Waals surface area contributed by atoms with Gasteiger partial charge in [-0.05, 0) is 11.8 Å². The van der Waals surface area contributed by atoms with Crippen molar-refractivity contribution < 1.29 is 9.90 Å². The number of rotatable bonds is 3. The second kappa shape index (κ2) is 3.56. The molecule has 3 nitrogen and oxygen atoms in total. The third-order valence-electron chi connectivity index (χ3n) is 1.90. The third kappa shape index (κ3) is 2.35. The fourth-order valence-electron chi connectivity index (χ4n) is 0.640. The van der Waals surface area contributed by atoms with Crippen LogP contribution in [-0.2, 0) is 4.79 Å². The molecule has 0 aromatic rings. The molecule has 0 radical (unpaired) electrons. The van der Waals surface area contributed by atoms with Crippen molar-refractivity contribution >= 4 is 5.97 Å². The van der Waals surface area contributed by atoms with Gasteiger partial charge in [-0.15, -0.1) is 0 Å². The molecule has 0 rings (SSSR count). The molecule has 0 heterocycles. The van der Waals surface area contributed by atoms with E-state index in [0.29, 0.717) is 5.92 Å². The van der Waals surface area contributed by atoms with Crippen LogP contribution in [0.5, 0.6) is 0 Å². The molecule has 0 bridgehead atoms. The van der Waals surface area contributed by atoms with Gasteiger partial charge in [0.1, 0.15) is 6.04 Å². The highest BCUT2D eigenvalue weighted by atomic mass is 16.4. The van der Waals surface area contributed by atoms with Crippen molar-refractivity contribution in [3.8, 4) is 0 Å². The van der Waals surface area contributed by atoms with Gasteiger partial charge in [-0.25, -0.2) is 0 Å². The smallest absolute Gasteiger partial charge is 0.320 e. The quantitative estimate of drug-likeness (QED) is 0.614. The van der Waals surface area contributed by atoms with Gasteiger partial charge >= 0.3 is 5.97 Å². The minimum atomic E-state index is -0.916. The lowest BCUT2D eigenvalue weighted by Gasteiger charge is -2.18. The number of nitrogens with two attached hydrogens (primary N) is 1. The van der Waals surface area contributed by atoms with Gasteiger partial charge in [0.2, 0.25) is 0 Å². The summed E-state index contributed by atoms with van der Waals surface area (Å²) >= 11 is 0. The summed E-state index contributed by atoms with van der Waals surface area (Å²) in [6, 6.07) is -0.722. The maximum Gasteiger partial charge on any atom is 0.320 e. The first-order valence-electron chi connectivity index (χ1n) is 3.45. The van der Waals surface area contributed by atoms with Crippen molar-refractivity contribution in [2.24, 2.45) is 17.6 Å². The van der Waals surface area contributed by atoms with E-state index in [1.807, 2.05) is 20.8 Å². The summed E-state index contributed by atoms with van der Waals surface area (Å²) < 4.78 is 0. The van der Waals surface area contributed by atoms with Gasteiger partial charge in [0.05, 0.1) is 0 Å². The number of carboxylic acids is 1. The van der Waals surface area contributed by atoms with Gasteiger partial charge in [-0.2, -0.15) is 0 Å². The summed E-state index contributed by atoms with van der Waals surface area (Å²) in [6.45, 7) is 5.78. The van der Waals surface area contributed by atoms with E-state index in [2.05, 4.69) is 0 Å². The first-order chi connectivity index (χ1) is 4.46. The van der Waals surface area contributed by atoms with E-state index in [4.69, 9.17) is 10.8 Å². The van der Waals surface area contributed by atoms with Crippen LogP contribution in [0.2, 0.25) is 0 Å². The summed E-state index contributed by atoms with van der Waals surface area (Å²) in [5, 5.41) is 8.48. The highest BCUT2D eigenvalue weighted by Crippen LogP contribution is 2.12. The summed E-state index contributed by atoms with van der Waals surface area (Å²) in [6.07, 6.45) is 0. The Morgan fingerprint density at radius 3 is 1.90 bits per heavy atom. The van der Waals surface area contributed by atoms with Crippen molar-refractivity contribution in [3.05, 3.63) is 0 Å². The van der Waals surface area contributed by atoms with Gasteiger partial charge < -0.3 is 10.8 Å². The lowest BCUT2D eigenvalue weighted by atomic mass is 9.91. The largest absolute Gasteiger partial charge is 0.480 e. The van der Waals surface area contributed by atoms with Crippen molar-refractivity contribution in [3.63, 3.8) is 0 Å². The molecule has 0 spiro atoms. The molecule has 0 aliphatic carbocycles. The molecule has 0 saturated carbocycles. The number of aliphatic carboxylic acids is 1. The fraction of sp³-hybridized carbons (Fsp3) is 0.857. The summed E-state index contributed by atoms with van der Waals surface area (Å²) in [5.74, 6) is -0.551. The van der Waals surface area contributed by atoms with Crippen molar-refractivity contribution in [1.29, 1.82) is 0 Å². The molecular weight excluding hydrogens is 130 g/mol. The van der Waals surface area contributed by atoms with Crippen LogP contribution in [-0.4, -0.2) is 17.1 Å². The second-order valence-electron chi connectivity index (χ2n) is 2.97. The Bertz CT molecular complexity index is 123. The first kappa shape index (κ1) is 9.43. The van der Waals surface area contributed by atoms with Crippen LogP contribution in [0.25, 0.3) is 0 Å². The number of hydrogen-bond acceptors (Lipinski definition) is 2. The third-order valence-corrected chi connectivity index (χ3v) is 1.90. The minimum Gasteiger partial charge on any atom is -0.480 e. The van der Waals surface area contributed by atoms with Crippen LogP contribution >= 0.6 is 0 Å². The predicted molar refractivity (Wildman–Crippen MR) is 39.6 cm³/mol. The molecule has 0 aromatic heterocycles. The standard InChI is InChI=1S/C7H15NO2/c1-4(2)5(3)6(8)7(9)10/h4-6H,8H2,1-3H3,(H,9,10)/t5?,6-/m0/s1. The number of carboxylic acid groups (broad SMARTS) is 1. The lowest BCUT2D eigenvalue weighted by molar-refractivity contribution is -0.140. The summed E-state index contributed by atoms with van der Waals surface area (Å²) in [4.78, 5) is 10.3. The zero-order chi connectivity index (χ0) is 8.31. The Balaban J connectivity index is 3.94. The molecular formula is C7H15NO2. The maximum atomic E-state index is 10.3. The van der Waals surface area contributed by atoms with Crippen molar-refractivity contribution in [1.82, 2.24) is 0 Å². The molecule has 10 heavy (non-hydrogen) atoms. The minimum absolute atomic E-state index is 0.0394. The zero-order valence-corrected chi connectivity index (χ0v) is 6.66. The van der Waals surface area contributed by atoms with E-state index in [0.717, 1.165) is 0 Å². The van der Waals surface area contributed by atoms with Gasteiger partial charge in [0.15, 0.2) is 0 Å². The van der Waals surface area contributed by atoms with Gasteiger partial charge in [0.25, 0.3) is 0 Å². The van der Waals surface area contributed by atoms with Gasteiger partial charge in [-0.3, -0.25) is 4.79 Å². The van der Waals surface area contributed by atoms with Crippen LogP contribution in [0.4, 0.5) is 0 Å². The lowest BCUT2D eigenvalue weighted by Crippen LogP contribution is -2.38. The maximum absolute atomic E-state index is 10.3. The molecule has 0 aliphatic heterocycles. The molecule has 60 valence electrons. The van der Waals surface area contributed by atoms with E-state index in [-0.39, 0.29) is 5.92 Å². The molecule has 0 fully saturated rings. The molecule has 0 amide bonds. The summed E-state index contributed by atoms with van der Waals surface area (Å²) in [7, 11) is 0. The van der Waals surface area contributed by atoms with E-state index in [1.54, 1.807) is 0 Å². The normalized spacial score (nSPS) is 16.9. The SMILES string of the molecule is CC(C)C(C)[C@H](N)C(=O)O. The Labute approximate surface area is 61.2 Å². The molecule has 1 unspecified atom stereocenters. The fourth-order valence-corrected chi connectivity index (χ4v) is 0.640. The van der Waals surface area contributed by atoms with E-state index in [1.165, 1.54) is 0 Å². The number of carbonyl (C=O) groups is 1. The highest BCUT2D eigenvalue weighted by Gasteiger charge is 2.21. The average molecular weight is 145 g/mol. The second-order valence-corrected chi connectivity index (χ2v) is 2.97. The van der Waals surface area contributed by atoms with Crippen molar-refractivity contribution in [2.75, 3.05) is 0 Å². The van der Waals surface area contributed by atoms with E-state index >= 15 is 0 Å². The van der Waals surface area contributed by atoms with Crippen LogP contribution in [0.15, 0.2) is 0 Å². The first-order valence-corrected chi connectivity index (χ1v) is 3.45. The van der Waals surface area contributed by atoms with Crippen LogP contribution in [0.3, 0.4) is 0 Å². The van der Waals surface area contributed by atoms with Crippen molar-refractivity contribution in [2.45, 2.75) is 26.8 Å². The molecule has 0 aromatic carbocycles.